The van der Waals surface area contributed by atoms with Crippen LogP contribution < -0.4 is 0 Å². The summed E-state index contributed by atoms with van der Waals surface area (Å²) in [7, 11) is -2.48. The van der Waals surface area contributed by atoms with Crippen LogP contribution in [0.1, 0.15) is 10.4 Å². The number of phenols is 1. The molecule has 0 bridgehead atoms. The Hall–Kier alpha value is -1.89. The lowest BCUT2D eigenvalue weighted by Crippen LogP contribution is -2.07. The monoisotopic (exact) mass is 243 g/mol. The third-order valence-corrected chi connectivity index (χ3v) is 2.02. The molecular weight excluding hydrogens is 234 g/mol. The quantitative estimate of drug-likeness (QED) is 0.617. The standard InChI is InChI=1S/C9H9NO5S/c11-8-3-1-7(2-4-8)9(12)15-6-5-10-16(13)14/h1-4,11H,5-6H2. The summed E-state index contributed by atoms with van der Waals surface area (Å²) in [6.07, 6.45) is 0. The van der Waals surface area contributed by atoms with E-state index in [9.17, 15) is 13.2 Å². The van der Waals surface area contributed by atoms with Gasteiger partial charge in [-0.1, -0.05) is 0 Å². The molecular formula is C9H9NO5S. The molecule has 16 heavy (non-hydrogen) atoms. The summed E-state index contributed by atoms with van der Waals surface area (Å²) in [5, 5.41) is 8.98. The first-order chi connectivity index (χ1) is 7.59. The summed E-state index contributed by atoms with van der Waals surface area (Å²) in [6.45, 7) is -0.201. The summed E-state index contributed by atoms with van der Waals surface area (Å²) in [4.78, 5) is 11.3. The highest BCUT2D eigenvalue weighted by atomic mass is 32.2. The molecule has 0 saturated carbocycles. The first-order valence-corrected chi connectivity index (χ1v) is 5.36. The van der Waals surface area contributed by atoms with E-state index in [2.05, 4.69) is 4.36 Å². The van der Waals surface area contributed by atoms with Crippen molar-refractivity contribution in [1.29, 1.82) is 0 Å². The highest BCUT2D eigenvalue weighted by Gasteiger charge is 2.05. The molecule has 0 aliphatic carbocycles. The average molecular weight is 243 g/mol. The molecule has 1 rings (SSSR count). The summed E-state index contributed by atoms with van der Waals surface area (Å²) in [5.74, 6) is -0.541. The van der Waals surface area contributed by atoms with Crippen molar-refractivity contribution in [2.24, 2.45) is 4.36 Å². The summed E-state index contributed by atoms with van der Waals surface area (Å²) in [6, 6.07) is 5.52. The number of carbonyl (C=O) groups excluding carboxylic acids is 1. The van der Waals surface area contributed by atoms with Crippen molar-refractivity contribution >= 4 is 16.5 Å². The second-order valence-corrected chi connectivity index (χ2v) is 3.45. The summed E-state index contributed by atoms with van der Waals surface area (Å²) in [5.41, 5.74) is 0.279. The van der Waals surface area contributed by atoms with Crippen LogP contribution in [0.15, 0.2) is 28.6 Å². The molecule has 0 aliphatic heterocycles. The molecule has 86 valence electrons. The smallest absolute Gasteiger partial charge is 0.338 e. The Morgan fingerprint density at radius 3 is 2.50 bits per heavy atom. The number of ether oxygens (including phenoxy) is 1. The molecule has 0 fully saturated rings. The van der Waals surface area contributed by atoms with Crippen LogP contribution in [0.2, 0.25) is 0 Å². The lowest BCUT2D eigenvalue weighted by Gasteiger charge is -2.01. The van der Waals surface area contributed by atoms with E-state index < -0.39 is 16.5 Å². The lowest BCUT2D eigenvalue weighted by atomic mass is 10.2. The van der Waals surface area contributed by atoms with Crippen molar-refractivity contribution in [2.75, 3.05) is 13.2 Å². The molecule has 1 N–H and O–H groups in total. The number of benzene rings is 1. The van der Waals surface area contributed by atoms with Crippen LogP contribution in [0.4, 0.5) is 0 Å². The molecule has 0 amide bonds. The van der Waals surface area contributed by atoms with Crippen molar-refractivity contribution in [3.8, 4) is 5.75 Å². The highest BCUT2D eigenvalue weighted by Crippen LogP contribution is 2.10. The van der Waals surface area contributed by atoms with E-state index in [1.54, 1.807) is 0 Å². The minimum absolute atomic E-state index is 0.0494. The Kier molecular flexibility index (Phi) is 4.46. The summed E-state index contributed by atoms with van der Waals surface area (Å²) >= 11 is 0. The van der Waals surface area contributed by atoms with Gasteiger partial charge in [0, 0.05) is 0 Å². The van der Waals surface area contributed by atoms with Crippen molar-refractivity contribution < 1.29 is 23.1 Å². The zero-order valence-corrected chi connectivity index (χ0v) is 8.98. The molecule has 0 aromatic heterocycles. The first-order valence-electron chi connectivity index (χ1n) is 4.32. The van der Waals surface area contributed by atoms with E-state index in [1.165, 1.54) is 24.3 Å². The van der Waals surface area contributed by atoms with Crippen molar-refractivity contribution in [1.82, 2.24) is 0 Å². The lowest BCUT2D eigenvalue weighted by molar-refractivity contribution is 0.0517. The van der Waals surface area contributed by atoms with Crippen LogP contribution in [0.25, 0.3) is 0 Å². The molecule has 0 aliphatic rings. The number of hydrogen-bond donors (Lipinski definition) is 1. The van der Waals surface area contributed by atoms with Crippen LogP contribution >= 0.6 is 0 Å². The van der Waals surface area contributed by atoms with Gasteiger partial charge in [0.2, 0.25) is 0 Å². The molecule has 0 unspecified atom stereocenters. The molecule has 0 atom stereocenters. The van der Waals surface area contributed by atoms with Gasteiger partial charge in [0.25, 0.3) is 0 Å². The first kappa shape index (κ1) is 12.2. The van der Waals surface area contributed by atoms with Gasteiger partial charge in [-0.15, -0.1) is 0 Å². The number of phenolic OH excluding ortho intramolecular Hbond substituents is 1. The Morgan fingerprint density at radius 1 is 1.31 bits per heavy atom. The van der Waals surface area contributed by atoms with Crippen LogP contribution in [0.3, 0.4) is 0 Å². The van der Waals surface area contributed by atoms with Gasteiger partial charge in [-0.2, -0.15) is 12.8 Å². The topological polar surface area (TPSA) is 93.0 Å². The maximum atomic E-state index is 11.3. The zero-order chi connectivity index (χ0) is 12.0. The minimum atomic E-state index is -2.48. The number of rotatable bonds is 4. The van der Waals surface area contributed by atoms with Gasteiger partial charge in [-0.05, 0) is 24.3 Å². The fourth-order valence-electron chi connectivity index (χ4n) is 0.931. The van der Waals surface area contributed by atoms with E-state index in [1.807, 2.05) is 0 Å². The Bertz CT molecular complexity index is 483. The SMILES string of the molecule is O=C(OCCN=S(=O)=O)c1ccc(O)cc1. The Morgan fingerprint density at radius 2 is 1.94 bits per heavy atom. The third-order valence-electron chi connectivity index (χ3n) is 1.62. The minimum Gasteiger partial charge on any atom is -0.508 e. The predicted octanol–water partition coefficient (Wildman–Crippen LogP) is 0.612. The molecule has 0 heterocycles. The van der Waals surface area contributed by atoms with Gasteiger partial charge >= 0.3 is 16.5 Å². The van der Waals surface area contributed by atoms with Gasteiger partial charge in [0.05, 0.1) is 12.1 Å². The van der Waals surface area contributed by atoms with Gasteiger partial charge in [0.1, 0.15) is 12.4 Å². The molecule has 1 aromatic carbocycles. The molecule has 6 nitrogen and oxygen atoms in total. The predicted molar refractivity (Wildman–Crippen MR) is 54.6 cm³/mol. The third kappa shape index (κ3) is 4.09. The maximum Gasteiger partial charge on any atom is 0.338 e. The van der Waals surface area contributed by atoms with Gasteiger partial charge in [-0.3, -0.25) is 0 Å². The molecule has 0 spiro atoms. The van der Waals surface area contributed by atoms with E-state index in [0.717, 1.165) is 0 Å². The number of nitrogens with zero attached hydrogens (tertiary/aromatic N) is 1. The molecule has 1 aromatic rings. The Balaban J connectivity index is 2.47. The normalized spacial score (nSPS) is 9.50. The van der Waals surface area contributed by atoms with Crippen molar-refractivity contribution in [3.05, 3.63) is 29.8 Å². The number of hydrogen-bond acceptors (Lipinski definition) is 6. The van der Waals surface area contributed by atoms with Crippen LogP contribution in [-0.2, 0) is 15.2 Å². The molecule has 7 heteroatoms. The van der Waals surface area contributed by atoms with Crippen molar-refractivity contribution in [3.63, 3.8) is 0 Å². The van der Waals surface area contributed by atoms with Crippen LogP contribution in [0.5, 0.6) is 5.75 Å². The van der Waals surface area contributed by atoms with Gasteiger partial charge < -0.3 is 9.84 Å². The second-order valence-electron chi connectivity index (χ2n) is 2.75. The maximum absolute atomic E-state index is 11.3. The van der Waals surface area contributed by atoms with E-state index in [-0.39, 0.29) is 24.5 Å². The highest BCUT2D eigenvalue weighted by molar-refractivity contribution is 7.61. The van der Waals surface area contributed by atoms with Crippen LogP contribution in [-0.4, -0.2) is 32.6 Å². The van der Waals surface area contributed by atoms with Crippen molar-refractivity contribution in [2.45, 2.75) is 0 Å². The van der Waals surface area contributed by atoms with E-state index in [0.29, 0.717) is 0 Å². The zero-order valence-electron chi connectivity index (χ0n) is 8.16. The van der Waals surface area contributed by atoms with Gasteiger partial charge in [-0.25, -0.2) is 4.79 Å². The van der Waals surface area contributed by atoms with Gasteiger partial charge in [0.15, 0.2) is 0 Å². The molecule has 0 saturated heterocycles. The van der Waals surface area contributed by atoms with E-state index in [4.69, 9.17) is 9.84 Å². The van der Waals surface area contributed by atoms with E-state index >= 15 is 0 Å². The molecule has 0 radical (unpaired) electrons. The average Bonchev–Trinajstić information content (AvgIpc) is 2.25. The fourth-order valence-corrected chi connectivity index (χ4v) is 1.15. The summed E-state index contributed by atoms with van der Waals surface area (Å²) < 4.78 is 27.9. The second kappa shape index (κ2) is 5.86. The van der Waals surface area contributed by atoms with Crippen LogP contribution in [0, 0.1) is 0 Å². The largest absolute Gasteiger partial charge is 0.508 e. The number of esters is 1. The number of aromatic hydroxyl groups is 1. The Labute approximate surface area is 93.2 Å². The number of carbonyl (C=O) groups is 1. The fraction of sp³-hybridized carbons (Fsp3) is 0.222.